The maximum absolute atomic E-state index is 2.34. The average molecular weight is 457 g/mol. The molecule has 0 aliphatic rings. The van der Waals surface area contributed by atoms with Gasteiger partial charge in [0, 0.05) is 0 Å². The molecule has 0 unspecified atom stereocenters. The minimum Gasteiger partial charge on any atom is -0.0622 e. The molecule has 0 spiro atoms. The zero-order valence-corrected chi connectivity index (χ0v) is 19.9. The fourth-order valence-corrected chi connectivity index (χ4v) is 5.39. The second-order valence-corrected chi connectivity index (χ2v) is 9.41. The molecule has 0 heteroatoms. The Balaban J connectivity index is 1.33. The van der Waals surface area contributed by atoms with E-state index < -0.39 is 0 Å². The van der Waals surface area contributed by atoms with Gasteiger partial charge < -0.3 is 0 Å². The second kappa shape index (κ2) is 8.52. The zero-order valence-electron chi connectivity index (χ0n) is 19.9. The van der Waals surface area contributed by atoms with Crippen LogP contribution >= 0.6 is 0 Å². The molecule has 0 fully saturated rings. The normalized spacial score (nSPS) is 11.3. The summed E-state index contributed by atoms with van der Waals surface area (Å²) in [4.78, 5) is 0. The number of fused-ring (bicyclic) bond motifs is 4. The van der Waals surface area contributed by atoms with Gasteiger partial charge in [-0.3, -0.25) is 0 Å². The highest BCUT2D eigenvalue weighted by Gasteiger charge is 2.10. The molecule has 0 N–H and O–H groups in total. The van der Waals surface area contributed by atoms with Crippen molar-refractivity contribution in [1.29, 1.82) is 0 Å². The number of hydrogen-bond acceptors (Lipinski definition) is 0. The van der Waals surface area contributed by atoms with Gasteiger partial charge in [0.2, 0.25) is 0 Å². The van der Waals surface area contributed by atoms with Gasteiger partial charge in [0.1, 0.15) is 0 Å². The van der Waals surface area contributed by atoms with Crippen LogP contribution in [0.2, 0.25) is 0 Å². The standard InChI is InChI=1S/C36H24/c1-2-9-25(10-3-1)27-17-18-30-22-28(19-20-29(30)21-27)26-12-8-13-31(23-26)36-24-32-11-4-5-14-33(32)34-15-6-7-16-35(34)36/h1-24H. The molecule has 168 valence electrons. The maximum Gasteiger partial charge on any atom is -0.00988 e. The van der Waals surface area contributed by atoms with Crippen LogP contribution in [-0.4, -0.2) is 0 Å². The predicted octanol–water partition coefficient (Wildman–Crippen LogP) is 10.1. The van der Waals surface area contributed by atoms with Crippen molar-refractivity contribution < 1.29 is 0 Å². The Morgan fingerprint density at radius 2 is 0.806 bits per heavy atom. The highest BCUT2D eigenvalue weighted by atomic mass is 14.1. The van der Waals surface area contributed by atoms with Crippen LogP contribution in [0.1, 0.15) is 0 Å². The van der Waals surface area contributed by atoms with Crippen LogP contribution < -0.4 is 0 Å². The lowest BCUT2D eigenvalue weighted by molar-refractivity contribution is 1.62. The van der Waals surface area contributed by atoms with E-state index in [1.807, 2.05) is 0 Å². The Morgan fingerprint density at radius 1 is 0.250 bits per heavy atom. The molecule has 0 bridgehead atoms. The first-order valence-electron chi connectivity index (χ1n) is 12.4. The minimum absolute atomic E-state index is 1.23. The molecular formula is C36H24. The van der Waals surface area contributed by atoms with Crippen LogP contribution in [0.15, 0.2) is 146 Å². The van der Waals surface area contributed by atoms with Crippen molar-refractivity contribution in [3.63, 3.8) is 0 Å². The van der Waals surface area contributed by atoms with Crippen molar-refractivity contribution in [2.45, 2.75) is 0 Å². The summed E-state index contributed by atoms with van der Waals surface area (Å²) < 4.78 is 0. The molecule has 0 nitrogen and oxygen atoms in total. The van der Waals surface area contributed by atoms with Crippen molar-refractivity contribution in [2.24, 2.45) is 0 Å². The molecule has 0 saturated heterocycles. The van der Waals surface area contributed by atoms with E-state index in [-0.39, 0.29) is 0 Å². The molecule has 7 aromatic carbocycles. The Hall–Kier alpha value is -4.68. The van der Waals surface area contributed by atoms with Gasteiger partial charge in [0.25, 0.3) is 0 Å². The SMILES string of the molecule is c1ccc(-c2ccc3cc(-c4cccc(-c5cc6ccccc6c6ccccc56)c4)ccc3c2)cc1. The van der Waals surface area contributed by atoms with Gasteiger partial charge in [0.05, 0.1) is 0 Å². The van der Waals surface area contributed by atoms with Crippen molar-refractivity contribution in [1.82, 2.24) is 0 Å². The van der Waals surface area contributed by atoms with Crippen LogP contribution in [0.25, 0.3) is 65.7 Å². The molecule has 36 heavy (non-hydrogen) atoms. The first-order chi connectivity index (χ1) is 17.8. The van der Waals surface area contributed by atoms with E-state index in [0.29, 0.717) is 0 Å². The van der Waals surface area contributed by atoms with Crippen LogP contribution in [0.4, 0.5) is 0 Å². The van der Waals surface area contributed by atoms with E-state index in [2.05, 4.69) is 146 Å². The Bertz CT molecular complexity index is 1880. The third-order valence-corrected chi connectivity index (χ3v) is 7.22. The van der Waals surface area contributed by atoms with Gasteiger partial charge in [-0.2, -0.15) is 0 Å². The molecule has 0 aliphatic carbocycles. The average Bonchev–Trinajstić information content (AvgIpc) is 2.97. The fraction of sp³-hybridized carbons (Fsp3) is 0. The highest BCUT2D eigenvalue weighted by molar-refractivity contribution is 6.13. The Morgan fingerprint density at radius 3 is 1.58 bits per heavy atom. The topological polar surface area (TPSA) is 0 Å². The van der Waals surface area contributed by atoms with Crippen molar-refractivity contribution in [2.75, 3.05) is 0 Å². The molecule has 0 heterocycles. The van der Waals surface area contributed by atoms with Crippen LogP contribution in [0, 0.1) is 0 Å². The maximum atomic E-state index is 2.34. The molecule has 0 saturated carbocycles. The van der Waals surface area contributed by atoms with E-state index in [9.17, 15) is 0 Å². The van der Waals surface area contributed by atoms with E-state index in [4.69, 9.17) is 0 Å². The molecule has 7 aromatic rings. The van der Waals surface area contributed by atoms with E-state index in [1.165, 1.54) is 65.7 Å². The van der Waals surface area contributed by atoms with E-state index >= 15 is 0 Å². The zero-order chi connectivity index (χ0) is 23.9. The van der Waals surface area contributed by atoms with Crippen LogP contribution in [0.3, 0.4) is 0 Å². The first-order valence-corrected chi connectivity index (χ1v) is 12.4. The summed E-state index contributed by atoms with van der Waals surface area (Å²) in [5.41, 5.74) is 7.49. The van der Waals surface area contributed by atoms with Gasteiger partial charge in [-0.25, -0.2) is 0 Å². The fourth-order valence-electron chi connectivity index (χ4n) is 5.39. The predicted molar refractivity (Wildman–Crippen MR) is 155 cm³/mol. The monoisotopic (exact) mass is 456 g/mol. The van der Waals surface area contributed by atoms with Gasteiger partial charge in [-0.05, 0) is 90.0 Å². The summed E-state index contributed by atoms with van der Waals surface area (Å²) in [5.74, 6) is 0. The first kappa shape index (κ1) is 20.7. The Labute approximate surface area is 211 Å². The van der Waals surface area contributed by atoms with Gasteiger partial charge in [0.15, 0.2) is 0 Å². The van der Waals surface area contributed by atoms with E-state index in [1.54, 1.807) is 0 Å². The third-order valence-electron chi connectivity index (χ3n) is 7.22. The van der Waals surface area contributed by atoms with Crippen molar-refractivity contribution in [3.8, 4) is 33.4 Å². The van der Waals surface area contributed by atoms with Crippen molar-refractivity contribution in [3.05, 3.63) is 146 Å². The second-order valence-electron chi connectivity index (χ2n) is 9.41. The summed E-state index contributed by atoms with van der Waals surface area (Å²) in [6.45, 7) is 0. The molecule has 0 radical (unpaired) electrons. The smallest absolute Gasteiger partial charge is 0.00988 e. The quantitative estimate of drug-likeness (QED) is 0.232. The minimum atomic E-state index is 1.23. The number of rotatable bonds is 3. The number of hydrogen-bond donors (Lipinski definition) is 0. The summed E-state index contributed by atoms with van der Waals surface area (Å²) in [5, 5.41) is 7.69. The lowest BCUT2D eigenvalue weighted by Gasteiger charge is -2.13. The van der Waals surface area contributed by atoms with Crippen LogP contribution in [-0.2, 0) is 0 Å². The molecule has 0 atom stereocenters. The summed E-state index contributed by atoms with van der Waals surface area (Å²) in [6, 6.07) is 52.8. The summed E-state index contributed by atoms with van der Waals surface area (Å²) >= 11 is 0. The van der Waals surface area contributed by atoms with Gasteiger partial charge in [-0.15, -0.1) is 0 Å². The highest BCUT2D eigenvalue weighted by Crippen LogP contribution is 2.37. The number of benzene rings is 7. The lowest BCUT2D eigenvalue weighted by Crippen LogP contribution is -1.86. The summed E-state index contributed by atoms with van der Waals surface area (Å²) in [6.07, 6.45) is 0. The third kappa shape index (κ3) is 3.56. The summed E-state index contributed by atoms with van der Waals surface area (Å²) in [7, 11) is 0. The van der Waals surface area contributed by atoms with Crippen LogP contribution in [0.5, 0.6) is 0 Å². The molecular weight excluding hydrogens is 432 g/mol. The molecule has 0 aliphatic heterocycles. The van der Waals surface area contributed by atoms with Gasteiger partial charge in [-0.1, -0.05) is 121 Å². The molecule has 7 rings (SSSR count). The lowest BCUT2D eigenvalue weighted by atomic mass is 9.91. The molecule has 0 aromatic heterocycles. The van der Waals surface area contributed by atoms with Gasteiger partial charge >= 0.3 is 0 Å². The van der Waals surface area contributed by atoms with E-state index in [0.717, 1.165) is 0 Å². The molecule has 0 amide bonds. The largest absolute Gasteiger partial charge is 0.0622 e. The van der Waals surface area contributed by atoms with Crippen molar-refractivity contribution >= 4 is 32.3 Å². The Kier molecular flexibility index (Phi) is 4.89.